The molecule has 6 aromatic rings. The van der Waals surface area contributed by atoms with Crippen molar-refractivity contribution in [2.75, 3.05) is 20.3 Å². The van der Waals surface area contributed by atoms with Gasteiger partial charge in [-0.25, -0.2) is 13.8 Å². The molecule has 14 heteroatoms. The van der Waals surface area contributed by atoms with Gasteiger partial charge < -0.3 is 25.6 Å². The Labute approximate surface area is 299 Å². The van der Waals surface area contributed by atoms with E-state index < -0.39 is 35.6 Å². The summed E-state index contributed by atoms with van der Waals surface area (Å²) < 4.78 is 43.9. The molecule has 3 aromatic carbocycles. The zero-order valence-corrected chi connectivity index (χ0v) is 29.1. The van der Waals surface area contributed by atoms with Crippen LogP contribution in [0.4, 0.5) is 8.78 Å². The van der Waals surface area contributed by atoms with Gasteiger partial charge in [0, 0.05) is 43.9 Å². The van der Waals surface area contributed by atoms with Gasteiger partial charge in [-0.2, -0.15) is 5.10 Å². The molecule has 262 valence electrons. The number of carbonyl (C=O) groups excluding carboxylic acids is 2. The monoisotopic (exact) mass is 731 g/mol. The third kappa shape index (κ3) is 6.60. The molecule has 1 saturated carbocycles. The number of hydrogen-bond acceptors (Lipinski definition) is 8. The quantitative estimate of drug-likeness (QED) is 0.119. The smallest absolute Gasteiger partial charge is 0.251 e. The molecule has 10 nitrogen and oxygen atoms in total. The lowest BCUT2D eigenvalue weighted by molar-refractivity contribution is -0.117. The Morgan fingerprint density at radius 1 is 1.12 bits per heavy atom. The number of rotatable bonds is 12. The molecule has 7 rings (SSSR count). The van der Waals surface area contributed by atoms with Crippen LogP contribution >= 0.6 is 22.9 Å². The lowest BCUT2D eigenvalue weighted by atomic mass is 9.92. The van der Waals surface area contributed by atoms with E-state index in [1.165, 1.54) is 24.5 Å². The second-order valence-electron chi connectivity index (χ2n) is 12.3. The van der Waals surface area contributed by atoms with Crippen molar-refractivity contribution >= 4 is 55.7 Å². The van der Waals surface area contributed by atoms with Crippen LogP contribution in [0, 0.1) is 11.6 Å². The molecule has 1 atom stereocenters. The largest absolute Gasteiger partial charge is 0.494 e. The SMILES string of the molecule is CCOc1c(CC(N)=O)cc(C(O)(CNC(=O)c2cc(OC)c3nn(C4CC4)cc3c2)c2cc3ccccc3s2)nc1-c1cc(Cl)c(F)cc1F. The van der Waals surface area contributed by atoms with E-state index in [9.17, 15) is 19.1 Å². The van der Waals surface area contributed by atoms with E-state index in [1.807, 2.05) is 35.1 Å². The van der Waals surface area contributed by atoms with Gasteiger partial charge in [0.05, 0.1) is 43.4 Å². The Morgan fingerprint density at radius 3 is 2.61 bits per heavy atom. The van der Waals surface area contributed by atoms with Crippen LogP contribution in [0.1, 0.15) is 52.3 Å². The molecule has 0 aliphatic heterocycles. The summed E-state index contributed by atoms with van der Waals surface area (Å²) >= 11 is 7.36. The molecule has 3 heterocycles. The van der Waals surface area contributed by atoms with Crippen LogP contribution in [0.2, 0.25) is 5.02 Å². The molecular weight excluding hydrogens is 700 g/mol. The van der Waals surface area contributed by atoms with Gasteiger partial charge in [0.15, 0.2) is 5.60 Å². The first-order valence-electron chi connectivity index (χ1n) is 16.2. The number of aliphatic hydroxyl groups is 1. The van der Waals surface area contributed by atoms with Crippen molar-refractivity contribution in [3.05, 3.63) is 105 Å². The van der Waals surface area contributed by atoms with Crippen LogP contribution in [0.15, 0.2) is 66.9 Å². The van der Waals surface area contributed by atoms with Crippen molar-refractivity contribution in [3.63, 3.8) is 0 Å². The number of hydrogen-bond donors (Lipinski definition) is 3. The summed E-state index contributed by atoms with van der Waals surface area (Å²) in [5.74, 6) is -2.80. The predicted molar refractivity (Wildman–Crippen MR) is 190 cm³/mol. The van der Waals surface area contributed by atoms with Crippen LogP contribution in [0.5, 0.6) is 11.5 Å². The Balaban J connectivity index is 1.36. The van der Waals surface area contributed by atoms with E-state index in [2.05, 4.69) is 10.4 Å². The average Bonchev–Trinajstić information content (AvgIpc) is 3.71. The number of fused-ring (bicyclic) bond motifs is 2. The summed E-state index contributed by atoms with van der Waals surface area (Å²) in [5.41, 5.74) is 4.25. The summed E-state index contributed by atoms with van der Waals surface area (Å²) in [6.45, 7) is 1.38. The molecule has 0 radical (unpaired) electrons. The minimum Gasteiger partial charge on any atom is -0.494 e. The minimum atomic E-state index is -2.05. The summed E-state index contributed by atoms with van der Waals surface area (Å²) in [6, 6.07) is 16.0. The Morgan fingerprint density at radius 2 is 1.90 bits per heavy atom. The van der Waals surface area contributed by atoms with Gasteiger partial charge in [-0.1, -0.05) is 29.8 Å². The maximum atomic E-state index is 15.5. The number of benzene rings is 3. The highest BCUT2D eigenvalue weighted by molar-refractivity contribution is 7.19. The predicted octanol–water partition coefficient (Wildman–Crippen LogP) is 6.68. The lowest BCUT2D eigenvalue weighted by Crippen LogP contribution is -2.42. The zero-order valence-electron chi connectivity index (χ0n) is 27.5. The zero-order chi connectivity index (χ0) is 36.0. The molecule has 0 bridgehead atoms. The molecular formula is C37H32ClF2N5O5S. The third-order valence-corrected chi connectivity index (χ3v) is 10.3. The highest BCUT2D eigenvalue weighted by Crippen LogP contribution is 2.42. The van der Waals surface area contributed by atoms with Gasteiger partial charge >= 0.3 is 0 Å². The van der Waals surface area contributed by atoms with Crippen molar-refractivity contribution in [1.29, 1.82) is 0 Å². The Bertz CT molecular complexity index is 2310. The molecule has 1 aliphatic carbocycles. The minimum absolute atomic E-state index is 0.0106. The maximum absolute atomic E-state index is 15.5. The van der Waals surface area contributed by atoms with Gasteiger partial charge in [0.2, 0.25) is 5.91 Å². The fourth-order valence-electron chi connectivity index (χ4n) is 6.04. The second-order valence-corrected chi connectivity index (χ2v) is 13.8. The molecule has 4 N–H and O–H groups in total. The number of thiophene rings is 1. The number of ether oxygens (including phenoxy) is 2. The van der Waals surface area contributed by atoms with Gasteiger partial charge in [-0.3, -0.25) is 14.3 Å². The Kier molecular flexibility index (Phi) is 9.12. The van der Waals surface area contributed by atoms with Crippen molar-refractivity contribution in [2.24, 2.45) is 5.73 Å². The van der Waals surface area contributed by atoms with Crippen molar-refractivity contribution in [2.45, 2.75) is 37.8 Å². The fourth-order valence-corrected chi connectivity index (χ4v) is 7.37. The van der Waals surface area contributed by atoms with Crippen LogP contribution < -0.4 is 20.5 Å². The van der Waals surface area contributed by atoms with E-state index in [0.29, 0.717) is 28.3 Å². The number of primary amides is 1. The normalized spacial score (nSPS) is 14.1. The topological polar surface area (TPSA) is 142 Å². The highest BCUT2D eigenvalue weighted by atomic mass is 35.5. The molecule has 0 spiro atoms. The molecule has 3 aromatic heterocycles. The van der Waals surface area contributed by atoms with E-state index in [1.54, 1.807) is 25.1 Å². The van der Waals surface area contributed by atoms with E-state index in [-0.39, 0.29) is 51.9 Å². The number of nitrogens with zero attached hydrogens (tertiary/aromatic N) is 3. The summed E-state index contributed by atoms with van der Waals surface area (Å²) in [4.78, 5) is 31.3. The molecule has 0 saturated heterocycles. The first-order chi connectivity index (χ1) is 24.5. The summed E-state index contributed by atoms with van der Waals surface area (Å²) in [7, 11) is 1.50. The first kappa shape index (κ1) is 34.3. The fraction of sp³-hybridized carbons (Fsp3) is 0.243. The van der Waals surface area contributed by atoms with Crippen LogP contribution in [0.25, 0.3) is 32.2 Å². The van der Waals surface area contributed by atoms with Gasteiger partial charge in [-0.15, -0.1) is 11.3 Å². The standard InChI is InChI=1S/C37H32ClF2N5O5S/c1-3-50-35-20(14-32(41)46)12-30(43-34(35)24-15-25(38)27(40)16-26(24)39)37(48,31-13-19-6-4-5-7-29(19)51-31)18-42-36(47)21-10-22-17-45(23-8-9-23)44-33(22)28(11-21)49-2/h4-7,10-13,15-17,23,48H,3,8-9,14,18H2,1-2H3,(H2,41,46)(H,42,47). The number of amides is 2. The maximum Gasteiger partial charge on any atom is 0.251 e. The van der Waals surface area contributed by atoms with Crippen LogP contribution in [-0.4, -0.2) is 51.9 Å². The number of pyridine rings is 1. The third-order valence-electron chi connectivity index (χ3n) is 8.72. The van der Waals surface area contributed by atoms with Crippen molar-refractivity contribution < 1.29 is 33.0 Å². The average molecular weight is 732 g/mol. The van der Waals surface area contributed by atoms with Gasteiger partial charge in [0.1, 0.15) is 34.3 Å². The van der Waals surface area contributed by atoms with Crippen LogP contribution in [-0.2, 0) is 16.8 Å². The van der Waals surface area contributed by atoms with E-state index >= 15 is 4.39 Å². The van der Waals surface area contributed by atoms with E-state index in [0.717, 1.165) is 34.4 Å². The first-order valence-corrected chi connectivity index (χ1v) is 17.4. The highest BCUT2D eigenvalue weighted by Gasteiger charge is 2.38. The lowest BCUT2D eigenvalue weighted by Gasteiger charge is -2.29. The summed E-state index contributed by atoms with van der Waals surface area (Å²) in [6.07, 6.45) is 3.58. The van der Waals surface area contributed by atoms with Crippen molar-refractivity contribution in [1.82, 2.24) is 20.1 Å². The number of aromatic nitrogens is 3. The van der Waals surface area contributed by atoms with Crippen molar-refractivity contribution in [3.8, 4) is 22.8 Å². The molecule has 1 unspecified atom stereocenters. The Hall–Kier alpha value is -5.11. The molecule has 51 heavy (non-hydrogen) atoms. The van der Waals surface area contributed by atoms with Crippen LogP contribution in [0.3, 0.4) is 0 Å². The van der Waals surface area contributed by atoms with Gasteiger partial charge in [0.25, 0.3) is 5.91 Å². The molecule has 1 aliphatic rings. The number of methoxy groups -OCH3 is 1. The number of halogens is 3. The molecule has 2 amide bonds. The summed E-state index contributed by atoms with van der Waals surface area (Å²) in [5, 5.41) is 21.4. The second kappa shape index (κ2) is 13.5. The van der Waals surface area contributed by atoms with E-state index in [4.69, 9.17) is 31.8 Å². The molecule has 1 fully saturated rings. The van der Waals surface area contributed by atoms with Gasteiger partial charge in [-0.05, 0) is 61.5 Å². The number of carbonyl (C=O) groups is 2. The number of nitrogens with one attached hydrogen (secondary N) is 1. The number of nitrogens with two attached hydrogens (primary N) is 1.